The maximum Gasteiger partial charge on any atom is 0.240 e. The molecule has 1 rings (SSSR count). The normalized spacial score (nSPS) is 12.1. The Labute approximate surface area is 129 Å². The summed E-state index contributed by atoms with van der Waals surface area (Å²) in [7, 11) is -3.44. The molecule has 0 atom stereocenters. The van der Waals surface area contributed by atoms with E-state index in [4.69, 9.17) is 0 Å². The molecule has 0 aliphatic rings. The molecule has 0 saturated carbocycles. The molecule has 5 heteroatoms. The molecule has 0 spiro atoms. The van der Waals surface area contributed by atoms with E-state index < -0.39 is 10.0 Å². The van der Waals surface area contributed by atoms with Crippen molar-refractivity contribution in [1.29, 1.82) is 0 Å². The first kappa shape index (κ1) is 18.1. The Kier molecular flexibility index (Phi) is 6.84. The van der Waals surface area contributed by atoms with E-state index >= 15 is 0 Å². The summed E-state index contributed by atoms with van der Waals surface area (Å²) in [6.45, 7) is 12.0. The molecule has 0 fully saturated rings. The molecule has 4 nitrogen and oxygen atoms in total. The fourth-order valence-corrected chi connectivity index (χ4v) is 3.62. The molecule has 0 amide bonds. The molecule has 21 heavy (non-hydrogen) atoms. The van der Waals surface area contributed by atoms with Crippen LogP contribution in [0.5, 0.6) is 0 Å². The van der Waals surface area contributed by atoms with Crippen LogP contribution in [0.2, 0.25) is 0 Å². The van der Waals surface area contributed by atoms with Gasteiger partial charge in [0, 0.05) is 13.1 Å². The van der Waals surface area contributed by atoms with E-state index in [1.54, 1.807) is 6.07 Å². The first-order valence-corrected chi connectivity index (χ1v) is 9.06. The van der Waals surface area contributed by atoms with Crippen molar-refractivity contribution >= 4 is 10.0 Å². The quantitative estimate of drug-likeness (QED) is 0.726. The van der Waals surface area contributed by atoms with E-state index in [9.17, 15) is 8.42 Å². The van der Waals surface area contributed by atoms with Gasteiger partial charge in [-0.2, -0.15) is 0 Å². The zero-order valence-electron chi connectivity index (χ0n) is 13.8. The Morgan fingerprint density at radius 2 is 1.86 bits per heavy atom. The molecule has 0 unspecified atom stereocenters. The van der Waals surface area contributed by atoms with Gasteiger partial charge >= 0.3 is 0 Å². The van der Waals surface area contributed by atoms with Crippen LogP contribution in [0.1, 0.15) is 43.9 Å². The van der Waals surface area contributed by atoms with Gasteiger partial charge in [0.05, 0.1) is 4.90 Å². The van der Waals surface area contributed by atoms with Gasteiger partial charge in [0.15, 0.2) is 0 Å². The van der Waals surface area contributed by atoms with E-state index in [2.05, 4.69) is 23.0 Å². The van der Waals surface area contributed by atoms with Crippen molar-refractivity contribution in [2.75, 3.05) is 13.1 Å². The maximum absolute atomic E-state index is 12.5. The minimum Gasteiger partial charge on any atom is -0.313 e. The minimum atomic E-state index is -3.44. The lowest BCUT2D eigenvalue weighted by atomic mass is 10.1. The number of aryl methyl sites for hydroxylation is 1. The van der Waals surface area contributed by atoms with Crippen LogP contribution >= 0.6 is 0 Å². The summed E-state index contributed by atoms with van der Waals surface area (Å²) < 4.78 is 27.6. The molecular formula is C16H28N2O2S. The molecule has 2 N–H and O–H groups in total. The zero-order valence-corrected chi connectivity index (χ0v) is 14.6. The highest BCUT2D eigenvalue weighted by molar-refractivity contribution is 7.89. The van der Waals surface area contributed by atoms with Crippen LogP contribution in [0.3, 0.4) is 0 Å². The van der Waals surface area contributed by atoms with Crippen LogP contribution in [0.4, 0.5) is 0 Å². The predicted molar refractivity (Wildman–Crippen MR) is 87.9 cm³/mol. The van der Waals surface area contributed by atoms with Gasteiger partial charge in [0.2, 0.25) is 10.0 Å². The average molecular weight is 312 g/mol. The van der Waals surface area contributed by atoms with E-state index in [1.807, 2.05) is 27.7 Å². The summed E-state index contributed by atoms with van der Waals surface area (Å²) >= 11 is 0. The molecule has 0 radical (unpaired) electrons. The molecule has 1 aromatic carbocycles. The second-order valence-electron chi connectivity index (χ2n) is 5.96. The smallest absolute Gasteiger partial charge is 0.240 e. The first-order valence-electron chi connectivity index (χ1n) is 7.58. The van der Waals surface area contributed by atoms with Crippen molar-refractivity contribution in [1.82, 2.24) is 10.0 Å². The molecule has 0 bridgehead atoms. The monoisotopic (exact) mass is 312 g/mol. The number of sulfonamides is 1. The highest BCUT2D eigenvalue weighted by atomic mass is 32.2. The highest BCUT2D eigenvalue weighted by Crippen LogP contribution is 2.21. The fourth-order valence-electron chi connectivity index (χ4n) is 2.04. The summed E-state index contributed by atoms with van der Waals surface area (Å²) in [6.07, 6.45) is 1.06. The highest BCUT2D eigenvalue weighted by Gasteiger charge is 2.19. The molecule has 0 aliphatic carbocycles. The lowest BCUT2D eigenvalue weighted by Crippen LogP contribution is -2.28. The van der Waals surface area contributed by atoms with Gasteiger partial charge in [-0.25, -0.2) is 13.1 Å². The number of hydrogen-bond donors (Lipinski definition) is 2. The standard InChI is InChI=1S/C16H28N2O2S/c1-6-7-17-11-15-8-13(4)14(5)16(9-15)21(19,20)18-10-12(2)3/h8-9,12,17-18H,6-7,10-11H2,1-5H3. The van der Waals surface area contributed by atoms with Gasteiger partial charge in [0.1, 0.15) is 0 Å². The maximum atomic E-state index is 12.5. The molecule has 0 aromatic heterocycles. The van der Waals surface area contributed by atoms with E-state index in [1.165, 1.54) is 0 Å². The van der Waals surface area contributed by atoms with Crippen molar-refractivity contribution < 1.29 is 8.42 Å². The molecule has 0 heterocycles. The lowest BCUT2D eigenvalue weighted by Gasteiger charge is -2.15. The second-order valence-corrected chi connectivity index (χ2v) is 7.69. The van der Waals surface area contributed by atoms with Crippen molar-refractivity contribution in [2.24, 2.45) is 5.92 Å². The van der Waals surface area contributed by atoms with Crippen LogP contribution in [-0.2, 0) is 16.6 Å². The summed E-state index contributed by atoms with van der Waals surface area (Å²) in [5, 5.41) is 3.31. The minimum absolute atomic E-state index is 0.288. The van der Waals surface area contributed by atoms with Gasteiger partial charge in [-0.05, 0) is 55.5 Å². The van der Waals surface area contributed by atoms with Gasteiger partial charge in [0.25, 0.3) is 0 Å². The van der Waals surface area contributed by atoms with Crippen LogP contribution in [0.25, 0.3) is 0 Å². The Morgan fingerprint density at radius 3 is 2.43 bits per heavy atom. The van der Waals surface area contributed by atoms with Gasteiger partial charge < -0.3 is 5.32 Å². The van der Waals surface area contributed by atoms with Crippen molar-refractivity contribution in [3.63, 3.8) is 0 Å². The van der Waals surface area contributed by atoms with Crippen molar-refractivity contribution in [3.05, 3.63) is 28.8 Å². The molecule has 120 valence electrons. The molecule has 0 saturated heterocycles. The Morgan fingerprint density at radius 1 is 1.19 bits per heavy atom. The average Bonchev–Trinajstić information content (AvgIpc) is 2.40. The summed E-state index contributed by atoms with van der Waals surface area (Å²) in [6, 6.07) is 3.84. The van der Waals surface area contributed by atoms with E-state index in [0.717, 1.165) is 29.7 Å². The summed E-state index contributed by atoms with van der Waals surface area (Å²) in [5.41, 5.74) is 2.85. The van der Waals surface area contributed by atoms with Gasteiger partial charge in [-0.1, -0.05) is 26.8 Å². The molecule has 1 aromatic rings. The van der Waals surface area contributed by atoms with Crippen molar-refractivity contribution in [3.8, 4) is 0 Å². The number of nitrogens with one attached hydrogen (secondary N) is 2. The SMILES string of the molecule is CCCNCc1cc(C)c(C)c(S(=O)(=O)NCC(C)C)c1. The Hall–Kier alpha value is -0.910. The molecule has 0 aliphatic heterocycles. The third-order valence-corrected chi connectivity index (χ3v) is 4.96. The third-order valence-electron chi connectivity index (χ3n) is 3.41. The van der Waals surface area contributed by atoms with Gasteiger partial charge in [-0.3, -0.25) is 0 Å². The number of rotatable bonds is 8. The first-order chi connectivity index (χ1) is 9.77. The van der Waals surface area contributed by atoms with E-state index in [-0.39, 0.29) is 5.92 Å². The second kappa shape index (κ2) is 7.92. The zero-order chi connectivity index (χ0) is 16.0. The van der Waals surface area contributed by atoms with Crippen LogP contribution < -0.4 is 10.0 Å². The van der Waals surface area contributed by atoms with Crippen LogP contribution in [0.15, 0.2) is 17.0 Å². The van der Waals surface area contributed by atoms with Gasteiger partial charge in [-0.15, -0.1) is 0 Å². The lowest BCUT2D eigenvalue weighted by molar-refractivity contribution is 0.559. The summed E-state index contributed by atoms with van der Waals surface area (Å²) in [4.78, 5) is 0.399. The topological polar surface area (TPSA) is 58.2 Å². The van der Waals surface area contributed by atoms with Crippen molar-refractivity contribution in [2.45, 2.75) is 52.5 Å². The van der Waals surface area contributed by atoms with E-state index in [0.29, 0.717) is 18.0 Å². The van der Waals surface area contributed by atoms with Crippen LogP contribution in [-0.4, -0.2) is 21.5 Å². The molecular weight excluding hydrogens is 284 g/mol. The number of hydrogen-bond acceptors (Lipinski definition) is 3. The van der Waals surface area contributed by atoms with Crippen LogP contribution in [0, 0.1) is 19.8 Å². The summed E-state index contributed by atoms with van der Waals surface area (Å²) in [5.74, 6) is 0.288. The predicted octanol–water partition coefficient (Wildman–Crippen LogP) is 2.74. The largest absolute Gasteiger partial charge is 0.313 e. The number of benzene rings is 1. The Bertz CT molecular complexity index is 566. The Balaban J connectivity index is 3.04. The third kappa shape index (κ3) is 5.41. The fraction of sp³-hybridized carbons (Fsp3) is 0.625.